The average molecular weight is 556 g/mol. The van der Waals surface area contributed by atoms with Crippen molar-refractivity contribution < 1.29 is 31.2 Å². The van der Waals surface area contributed by atoms with Crippen molar-refractivity contribution in [2.24, 2.45) is 5.16 Å². The van der Waals surface area contributed by atoms with E-state index in [1.807, 2.05) is 0 Å². The van der Waals surface area contributed by atoms with Gasteiger partial charge in [-0.1, -0.05) is 46.0 Å². The number of nitrogens with one attached hydrogen (secondary N) is 1. The summed E-state index contributed by atoms with van der Waals surface area (Å²) < 4.78 is 65.2. The van der Waals surface area contributed by atoms with E-state index in [1.54, 1.807) is 6.92 Å². The summed E-state index contributed by atoms with van der Waals surface area (Å²) in [6, 6.07) is 6.04. The topological polar surface area (TPSA) is 84.8 Å². The number of hydrogen-bond donors (Lipinski definition) is 1. The Bertz CT molecular complexity index is 1300. The molecule has 2 aliphatic heterocycles. The van der Waals surface area contributed by atoms with Crippen LogP contribution in [0.1, 0.15) is 33.5 Å². The van der Waals surface area contributed by atoms with E-state index < -0.39 is 40.0 Å². The highest BCUT2D eigenvalue weighted by Crippen LogP contribution is 2.50. The third-order valence-electron chi connectivity index (χ3n) is 5.69. The second kappa shape index (κ2) is 8.58. The molecule has 0 spiro atoms. The largest absolute Gasteiger partial charge is 0.435 e. The molecule has 13 heteroatoms. The fourth-order valence-corrected chi connectivity index (χ4v) is 5.75. The fraction of sp³-hybridized carbons (Fsp3) is 0.333. The Balaban J connectivity index is 1.59. The zero-order valence-corrected chi connectivity index (χ0v) is 20.4. The van der Waals surface area contributed by atoms with Gasteiger partial charge in [-0.05, 0) is 42.3 Å². The summed E-state index contributed by atoms with van der Waals surface area (Å²) in [5.41, 5.74) is -2.08. The van der Waals surface area contributed by atoms with E-state index in [2.05, 4.69) is 10.5 Å². The van der Waals surface area contributed by atoms with Crippen molar-refractivity contribution in [2.75, 3.05) is 11.5 Å². The van der Waals surface area contributed by atoms with Crippen molar-refractivity contribution in [3.05, 3.63) is 67.7 Å². The predicted octanol–water partition coefficient (Wildman–Crippen LogP) is 5.06. The van der Waals surface area contributed by atoms with Crippen molar-refractivity contribution in [3.8, 4) is 0 Å². The minimum atomic E-state index is -4.86. The highest BCUT2D eigenvalue weighted by atomic mass is 35.5. The quantitative estimate of drug-likeness (QED) is 0.534. The number of aryl methyl sites for hydroxylation is 1. The number of nitrogens with zero attached hydrogens (tertiary/aromatic N) is 1. The summed E-state index contributed by atoms with van der Waals surface area (Å²) in [7, 11) is -3.10. The van der Waals surface area contributed by atoms with Crippen molar-refractivity contribution in [3.63, 3.8) is 0 Å². The molecule has 1 N–H and O–H groups in total. The number of carbonyl (C=O) groups is 1. The first-order chi connectivity index (χ1) is 15.7. The average Bonchev–Trinajstić information content (AvgIpc) is 3.17. The van der Waals surface area contributed by atoms with Gasteiger partial charge in [-0.25, -0.2) is 8.42 Å². The number of carbonyl (C=O) groups excluding carboxylic acids is 1. The monoisotopic (exact) mass is 554 g/mol. The molecule has 1 amide bonds. The van der Waals surface area contributed by atoms with Crippen LogP contribution in [-0.4, -0.2) is 43.8 Å². The van der Waals surface area contributed by atoms with Crippen molar-refractivity contribution in [1.29, 1.82) is 0 Å². The molecule has 0 radical (unpaired) electrons. The highest BCUT2D eigenvalue weighted by Gasteiger charge is 2.62. The van der Waals surface area contributed by atoms with Crippen LogP contribution < -0.4 is 5.32 Å². The van der Waals surface area contributed by atoms with Gasteiger partial charge in [-0.3, -0.25) is 4.79 Å². The van der Waals surface area contributed by atoms with E-state index in [1.165, 1.54) is 18.2 Å². The Morgan fingerprint density at radius 1 is 1.15 bits per heavy atom. The van der Waals surface area contributed by atoms with Crippen LogP contribution in [0.15, 0.2) is 35.5 Å². The number of oxime groups is 1. The van der Waals surface area contributed by atoms with Crippen LogP contribution in [0.4, 0.5) is 13.2 Å². The Morgan fingerprint density at radius 3 is 2.29 bits per heavy atom. The van der Waals surface area contributed by atoms with Gasteiger partial charge in [-0.15, -0.1) is 0 Å². The number of halogens is 6. The standard InChI is InChI=1S/C21H16Cl3F3N2O4S/c1-10-4-11(2-3-14(10)19(30)28-13-8-34(31,32)9-13)17-7-20(33-29-17,21(25,26)27)12-5-15(22)18(24)16(23)6-12/h2-6,13H,7-9H2,1H3,(H,28,30). The molecule has 2 aliphatic rings. The Labute approximate surface area is 207 Å². The summed E-state index contributed by atoms with van der Waals surface area (Å²) >= 11 is 17.8. The van der Waals surface area contributed by atoms with Crippen LogP contribution in [0.25, 0.3) is 0 Å². The summed E-state index contributed by atoms with van der Waals surface area (Å²) in [5, 5.41) is 5.94. The van der Waals surface area contributed by atoms with Gasteiger partial charge in [0.05, 0.1) is 38.3 Å². The molecule has 1 atom stereocenters. The van der Waals surface area contributed by atoms with E-state index >= 15 is 0 Å². The zero-order chi connectivity index (χ0) is 25.1. The lowest BCUT2D eigenvalue weighted by molar-refractivity contribution is -0.275. The molecule has 1 saturated heterocycles. The second-order valence-corrected chi connectivity index (χ2v) is 11.5. The lowest BCUT2D eigenvalue weighted by Crippen LogP contribution is -2.53. The number of benzene rings is 2. The summed E-state index contributed by atoms with van der Waals surface area (Å²) in [4.78, 5) is 17.5. The lowest BCUT2D eigenvalue weighted by Gasteiger charge is -2.30. The molecule has 6 nitrogen and oxygen atoms in total. The summed E-state index contributed by atoms with van der Waals surface area (Å²) in [6.07, 6.45) is -5.52. The number of amides is 1. The minimum Gasteiger partial charge on any atom is -0.374 e. The van der Waals surface area contributed by atoms with E-state index in [4.69, 9.17) is 39.6 Å². The van der Waals surface area contributed by atoms with Crippen molar-refractivity contribution >= 4 is 56.3 Å². The normalized spacial score (nSPS) is 22.0. The molecular formula is C21H16Cl3F3N2O4S. The van der Waals surface area contributed by atoms with E-state index in [9.17, 15) is 26.4 Å². The zero-order valence-electron chi connectivity index (χ0n) is 17.3. The van der Waals surface area contributed by atoms with Crippen LogP contribution in [0.5, 0.6) is 0 Å². The predicted molar refractivity (Wildman–Crippen MR) is 123 cm³/mol. The maximum Gasteiger partial charge on any atom is 0.435 e. The van der Waals surface area contributed by atoms with Gasteiger partial charge in [0, 0.05) is 17.5 Å². The van der Waals surface area contributed by atoms with Crippen molar-refractivity contribution in [2.45, 2.75) is 31.2 Å². The molecular weight excluding hydrogens is 540 g/mol. The number of alkyl halides is 3. The van der Waals surface area contributed by atoms with Gasteiger partial charge < -0.3 is 10.2 Å². The first-order valence-electron chi connectivity index (χ1n) is 9.81. The van der Waals surface area contributed by atoms with Crippen LogP contribution in [0, 0.1) is 6.92 Å². The molecule has 1 fully saturated rings. The van der Waals surface area contributed by atoms with Crippen LogP contribution >= 0.6 is 34.8 Å². The van der Waals surface area contributed by atoms with Gasteiger partial charge in [0.1, 0.15) is 0 Å². The third kappa shape index (κ3) is 4.48. The maximum atomic E-state index is 14.2. The Kier molecular flexibility index (Phi) is 6.33. The van der Waals surface area contributed by atoms with E-state index in [0.29, 0.717) is 11.1 Å². The lowest BCUT2D eigenvalue weighted by atomic mass is 9.86. The summed E-state index contributed by atoms with van der Waals surface area (Å²) in [6.45, 7) is 1.61. The Hall–Kier alpha value is -2.01. The molecule has 182 valence electrons. The highest BCUT2D eigenvalue weighted by molar-refractivity contribution is 7.92. The number of hydrogen-bond acceptors (Lipinski definition) is 5. The molecule has 0 bridgehead atoms. The number of sulfone groups is 1. The van der Waals surface area contributed by atoms with Crippen LogP contribution in [0.3, 0.4) is 0 Å². The third-order valence-corrected chi connectivity index (χ3v) is 8.70. The smallest absolute Gasteiger partial charge is 0.374 e. The summed E-state index contributed by atoms with van der Waals surface area (Å²) in [5.74, 6) is -0.714. The molecule has 0 aromatic heterocycles. The first kappa shape index (κ1) is 25.1. The van der Waals surface area contributed by atoms with Crippen molar-refractivity contribution in [1.82, 2.24) is 5.32 Å². The fourth-order valence-electron chi connectivity index (χ4n) is 3.86. The van der Waals surface area contributed by atoms with Crippen LogP contribution in [0.2, 0.25) is 15.1 Å². The first-order valence-corrected chi connectivity index (χ1v) is 12.8. The maximum absolute atomic E-state index is 14.2. The van der Waals surface area contributed by atoms with Gasteiger partial charge in [-0.2, -0.15) is 13.2 Å². The SMILES string of the molecule is Cc1cc(C2=NOC(c3cc(Cl)c(Cl)c(Cl)c3)(C(F)(F)F)C2)ccc1C(=O)NC1CS(=O)(=O)C1. The molecule has 2 aromatic rings. The number of rotatable bonds is 4. The minimum absolute atomic E-state index is 0.0136. The molecule has 0 aliphatic carbocycles. The molecule has 4 rings (SSSR count). The van der Waals surface area contributed by atoms with Crippen LogP contribution in [-0.2, 0) is 20.3 Å². The molecule has 2 aromatic carbocycles. The van der Waals surface area contributed by atoms with E-state index in [-0.39, 0.29) is 43.4 Å². The van der Waals surface area contributed by atoms with Gasteiger partial charge in [0.15, 0.2) is 9.84 Å². The molecule has 2 heterocycles. The van der Waals surface area contributed by atoms with Gasteiger partial charge in [0.2, 0.25) is 0 Å². The van der Waals surface area contributed by atoms with Gasteiger partial charge >= 0.3 is 6.18 Å². The molecule has 34 heavy (non-hydrogen) atoms. The molecule has 1 unspecified atom stereocenters. The molecule has 0 saturated carbocycles. The Morgan fingerprint density at radius 2 is 1.76 bits per heavy atom. The van der Waals surface area contributed by atoms with Gasteiger partial charge in [0.25, 0.3) is 11.5 Å². The second-order valence-electron chi connectivity index (χ2n) is 8.16. The van der Waals surface area contributed by atoms with E-state index in [0.717, 1.165) is 12.1 Å².